The summed E-state index contributed by atoms with van der Waals surface area (Å²) in [5, 5.41) is 11.6. The summed E-state index contributed by atoms with van der Waals surface area (Å²) in [6, 6.07) is 6.66. The molecule has 29 heavy (non-hydrogen) atoms. The van der Waals surface area contributed by atoms with Gasteiger partial charge in [-0.25, -0.2) is 0 Å². The molecule has 3 rings (SSSR count). The van der Waals surface area contributed by atoms with E-state index in [4.69, 9.17) is 5.11 Å². The van der Waals surface area contributed by atoms with Gasteiger partial charge in [0.2, 0.25) is 11.8 Å². The van der Waals surface area contributed by atoms with Crippen molar-refractivity contribution in [3.8, 4) is 0 Å². The number of amides is 2. The monoisotopic (exact) mass is 435 g/mol. The molecule has 0 unspecified atom stereocenters. The van der Waals surface area contributed by atoms with Crippen LogP contribution in [-0.2, 0) is 14.4 Å². The number of nitrogens with zero attached hydrogens (tertiary/aromatic N) is 2. The highest BCUT2D eigenvalue weighted by Gasteiger charge is 2.52. The Bertz CT molecular complexity index is 790. The van der Waals surface area contributed by atoms with Crippen molar-refractivity contribution in [1.29, 1.82) is 0 Å². The lowest BCUT2D eigenvalue weighted by atomic mass is 9.96. The molecule has 1 aromatic carbocycles. The molecule has 2 amide bonds. The number of carboxylic acids is 1. The predicted octanol–water partition coefficient (Wildman–Crippen LogP) is 2.37. The summed E-state index contributed by atoms with van der Waals surface area (Å²) in [7, 11) is 0. The number of carbonyl (C=O) groups excluding carboxylic acids is 2. The number of carboxylic acid groups (broad SMARTS) is 1. The maximum Gasteiger partial charge on any atom is 0.393 e. The molecular weight excluding hydrogens is 415 g/mol. The summed E-state index contributed by atoms with van der Waals surface area (Å²) in [5.41, 5.74) is 1.06. The Balaban J connectivity index is 0.00000300. The zero-order chi connectivity index (χ0) is 20.5. The van der Waals surface area contributed by atoms with E-state index in [-0.39, 0.29) is 31.4 Å². The predicted molar refractivity (Wildman–Crippen MR) is 101 cm³/mol. The zero-order valence-electron chi connectivity index (χ0n) is 15.3. The molecule has 2 saturated heterocycles. The molecule has 7 nitrogen and oxygen atoms in total. The van der Waals surface area contributed by atoms with Gasteiger partial charge in [-0.1, -0.05) is 6.07 Å². The van der Waals surface area contributed by atoms with Gasteiger partial charge in [0.25, 0.3) is 0 Å². The first-order valence-electron chi connectivity index (χ1n) is 8.87. The molecule has 0 aliphatic carbocycles. The minimum absolute atomic E-state index is 0. The number of anilines is 2. The third-order valence-electron chi connectivity index (χ3n) is 5.02. The highest BCUT2D eigenvalue weighted by molar-refractivity contribution is 5.97. The summed E-state index contributed by atoms with van der Waals surface area (Å²) < 4.78 is 39.1. The van der Waals surface area contributed by atoms with Crippen LogP contribution >= 0.6 is 12.4 Å². The van der Waals surface area contributed by atoms with Crippen LogP contribution in [0, 0.1) is 11.8 Å². The van der Waals surface area contributed by atoms with E-state index in [1.165, 1.54) is 4.90 Å². The number of aliphatic carboxylic acids is 1. The van der Waals surface area contributed by atoms with E-state index in [0.29, 0.717) is 24.3 Å². The van der Waals surface area contributed by atoms with Gasteiger partial charge in [0.15, 0.2) is 0 Å². The van der Waals surface area contributed by atoms with Gasteiger partial charge in [-0.3, -0.25) is 19.3 Å². The van der Waals surface area contributed by atoms with Crippen LogP contribution in [0.4, 0.5) is 24.5 Å². The second kappa shape index (κ2) is 9.00. The number of halogens is 4. The number of nitrogens with one attached hydrogen (secondary N) is 1. The van der Waals surface area contributed by atoms with E-state index in [9.17, 15) is 27.6 Å². The Morgan fingerprint density at radius 3 is 2.52 bits per heavy atom. The number of hydrogen-bond donors (Lipinski definition) is 2. The molecule has 0 radical (unpaired) electrons. The van der Waals surface area contributed by atoms with Crippen molar-refractivity contribution in [2.75, 3.05) is 36.4 Å². The molecule has 2 aliphatic heterocycles. The van der Waals surface area contributed by atoms with Crippen LogP contribution in [0.3, 0.4) is 0 Å². The van der Waals surface area contributed by atoms with Gasteiger partial charge in [0, 0.05) is 37.4 Å². The van der Waals surface area contributed by atoms with Crippen LogP contribution in [-0.4, -0.2) is 60.1 Å². The van der Waals surface area contributed by atoms with Crippen LogP contribution in [0.1, 0.15) is 12.8 Å². The van der Waals surface area contributed by atoms with Crippen LogP contribution in [0.5, 0.6) is 0 Å². The van der Waals surface area contributed by atoms with Gasteiger partial charge in [0.1, 0.15) is 0 Å². The third-order valence-corrected chi connectivity index (χ3v) is 5.02. The van der Waals surface area contributed by atoms with Crippen LogP contribution in [0.2, 0.25) is 0 Å². The van der Waals surface area contributed by atoms with E-state index in [1.807, 2.05) is 0 Å². The van der Waals surface area contributed by atoms with E-state index in [0.717, 1.165) is 6.42 Å². The Morgan fingerprint density at radius 1 is 1.24 bits per heavy atom. The van der Waals surface area contributed by atoms with Crippen molar-refractivity contribution in [1.82, 2.24) is 4.90 Å². The maximum atomic E-state index is 13.0. The first-order chi connectivity index (χ1) is 13.1. The first-order valence-corrected chi connectivity index (χ1v) is 8.87. The molecular formula is C18H21ClF3N3O4. The molecule has 1 aromatic rings. The average molecular weight is 436 g/mol. The maximum absolute atomic E-state index is 13.0. The number of hydrogen-bond acceptors (Lipinski definition) is 4. The van der Waals surface area contributed by atoms with Gasteiger partial charge < -0.3 is 15.3 Å². The second-order valence-electron chi connectivity index (χ2n) is 7.03. The number of benzene rings is 1. The summed E-state index contributed by atoms with van der Waals surface area (Å²) in [5.74, 6) is -5.65. The van der Waals surface area contributed by atoms with E-state index in [2.05, 4.69) is 5.32 Å². The fourth-order valence-corrected chi connectivity index (χ4v) is 3.67. The Morgan fingerprint density at radius 2 is 1.97 bits per heavy atom. The molecule has 2 heterocycles. The van der Waals surface area contributed by atoms with Crippen molar-refractivity contribution < 1.29 is 32.7 Å². The summed E-state index contributed by atoms with van der Waals surface area (Å²) in [6.07, 6.45) is -3.41. The largest absolute Gasteiger partial charge is 0.481 e. The lowest BCUT2D eigenvalue weighted by molar-refractivity contribution is -0.188. The van der Waals surface area contributed by atoms with Crippen molar-refractivity contribution in [2.45, 2.75) is 19.0 Å². The van der Waals surface area contributed by atoms with Crippen molar-refractivity contribution in [3.05, 3.63) is 24.3 Å². The van der Waals surface area contributed by atoms with Crippen molar-refractivity contribution in [3.63, 3.8) is 0 Å². The molecule has 2 N–H and O–H groups in total. The highest BCUT2D eigenvalue weighted by Crippen LogP contribution is 2.37. The van der Waals surface area contributed by atoms with Crippen molar-refractivity contribution >= 4 is 41.6 Å². The van der Waals surface area contributed by atoms with Gasteiger partial charge in [-0.15, -0.1) is 12.4 Å². The van der Waals surface area contributed by atoms with Gasteiger partial charge >= 0.3 is 12.1 Å². The molecule has 2 fully saturated rings. The normalized spacial score (nSPS) is 22.4. The summed E-state index contributed by atoms with van der Waals surface area (Å²) >= 11 is 0. The van der Waals surface area contributed by atoms with Gasteiger partial charge in [-0.2, -0.15) is 13.2 Å². The third kappa shape index (κ3) is 5.39. The van der Waals surface area contributed by atoms with Crippen molar-refractivity contribution in [2.24, 2.45) is 11.8 Å². The topological polar surface area (TPSA) is 89.9 Å². The smallest absolute Gasteiger partial charge is 0.393 e. The minimum Gasteiger partial charge on any atom is -0.481 e. The first kappa shape index (κ1) is 23.0. The second-order valence-corrected chi connectivity index (χ2v) is 7.03. The molecule has 160 valence electrons. The lowest BCUT2D eigenvalue weighted by Gasteiger charge is -2.19. The number of rotatable bonds is 5. The molecule has 2 aliphatic rings. The quantitative estimate of drug-likeness (QED) is 0.741. The van der Waals surface area contributed by atoms with E-state index >= 15 is 0 Å². The Kier molecular flexibility index (Phi) is 7.12. The number of carbonyl (C=O) groups is 3. The molecule has 0 aromatic heterocycles. The molecule has 11 heteroatoms. The Labute approximate surface area is 171 Å². The number of alkyl halides is 3. The number of likely N-dealkylation sites (tertiary alicyclic amines) is 1. The van der Waals surface area contributed by atoms with Gasteiger partial charge in [-0.05, 0) is 24.6 Å². The van der Waals surface area contributed by atoms with Gasteiger partial charge in [0.05, 0.1) is 18.4 Å². The highest BCUT2D eigenvalue weighted by atomic mass is 35.5. The summed E-state index contributed by atoms with van der Waals surface area (Å²) in [6.45, 7) is -0.617. The Hall–Kier alpha value is -2.33. The van der Waals surface area contributed by atoms with Crippen LogP contribution in [0.25, 0.3) is 0 Å². The van der Waals surface area contributed by atoms with Crippen LogP contribution < -0.4 is 10.2 Å². The average Bonchev–Trinajstić information content (AvgIpc) is 3.21. The summed E-state index contributed by atoms with van der Waals surface area (Å²) in [4.78, 5) is 38.0. The molecule has 2 atom stereocenters. The SMILES string of the molecule is Cl.O=C(CN1C[C@@H](C(F)(F)F)[C@H](C(=O)O)C1)Nc1cccc(N2CCCC2=O)c1. The van der Waals surface area contributed by atoms with E-state index in [1.54, 1.807) is 29.2 Å². The molecule has 0 bridgehead atoms. The molecule has 0 saturated carbocycles. The minimum atomic E-state index is -4.63. The zero-order valence-corrected chi connectivity index (χ0v) is 16.1. The lowest BCUT2D eigenvalue weighted by Crippen LogP contribution is -2.34. The fraction of sp³-hybridized carbons (Fsp3) is 0.500. The standard InChI is InChI=1S/C18H20F3N3O4.ClH/c19-18(20,21)14-9-23(8-13(14)17(27)28)10-15(25)22-11-3-1-4-12(7-11)24-6-2-5-16(24)26;/h1,3-4,7,13-14H,2,5-6,8-10H2,(H,22,25)(H,27,28);1H/t13-,14-;/m1./s1. The molecule has 0 spiro atoms. The van der Waals surface area contributed by atoms with Crippen LogP contribution in [0.15, 0.2) is 24.3 Å². The fourth-order valence-electron chi connectivity index (χ4n) is 3.67. The van der Waals surface area contributed by atoms with E-state index < -0.39 is 36.4 Å².